The Hall–Kier alpha value is -11.7. The lowest BCUT2D eigenvalue weighted by Crippen LogP contribution is -2.61. The molecule has 6 nitrogen and oxygen atoms in total. The molecule has 21 rings (SSSR count). The molecule has 96 heavy (non-hydrogen) atoms. The van der Waals surface area contributed by atoms with E-state index in [2.05, 4.69) is 360 Å². The molecule has 6 heterocycles. The van der Waals surface area contributed by atoms with E-state index in [-0.39, 0.29) is 13.4 Å². The fraction of sp³-hybridized carbons (Fsp3) is 0.0682. The molecule has 0 bridgehead atoms. The molecular formula is C88H62B2N6. The van der Waals surface area contributed by atoms with Crippen molar-refractivity contribution in [1.82, 2.24) is 9.13 Å². The number of fused-ring (bicyclic) bond motifs is 18. The van der Waals surface area contributed by atoms with Crippen molar-refractivity contribution in [1.29, 1.82) is 0 Å². The van der Waals surface area contributed by atoms with Gasteiger partial charge in [0.15, 0.2) is 0 Å². The van der Waals surface area contributed by atoms with Crippen LogP contribution in [0.5, 0.6) is 0 Å². The van der Waals surface area contributed by atoms with Crippen LogP contribution in [0.2, 0.25) is 0 Å². The Morgan fingerprint density at radius 3 is 0.958 bits per heavy atom. The Morgan fingerprint density at radius 2 is 0.583 bits per heavy atom. The molecule has 2 aliphatic carbocycles. The fourth-order valence-corrected chi connectivity index (χ4v) is 18.7. The quantitative estimate of drug-likeness (QED) is 0.155. The van der Waals surface area contributed by atoms with Gasteiger partial charge in [-0.25, -0.2) is 0 Å². The highest BCUT2D eigenvalue weighted by Crippen LogP contribution is 2.62. The van der Waals surface area contributed by atoms with Crippen molar-refractivity contribution in [3.8, 4) is 11.4 Å². The van der Waals surface area contributed by atoms with Gasteiger partial charge in [0.1, 0.15) is 0 Å². The topological polar surface area (TPSA) is 22.8 Å². The van der Waals surface area contributed by atoms with Gasteiger partial charge in [-0.1, -0.05) is 239 Å². The second-order valence-electron chi connectivity index (χ2n) is 27.9. The molecule has 0 saturated heterocycles. The average Bonchev–Trinajstić information content (AvgIpc) is 1.41. The van der Waals surface area contributed by atoms with Crippen LogP contribution in [-0.2, 0) is 10.8 Å². The summed E-state index contributed by atoms with van der Waals surface area (Å²) in [7, 11) is 0. The summed E-state index contributed by atoms with van der Waals surface area (Å²) in [6, 6.07) is 115. The normalized spacial score (nSPS) is 15.7. The number of rotatable bonds is 6. The smallest absolute Gasteiger partial charge is 0.248 e. The van der Waals surface area contributed by atoms with Gasteiger partial charge in [0.25, 0.3) is 0 Å². The Kier molecular flexibility index (Phi) is 10.9. The number of para-hydroxylation sites is 8. The number of benzene rings is 13. The van der Waals surface area contributed by atoms with Gasteiger partial charge in [-0.15, -0.1) is 0 Å². The average molecular weight is 1230 g/mol. The molecule has 13 aromatic carbocycles. The summed E-state index contributed by atoms with van der Waals surface area (Å²) < 4.78 is 5.05. The molecule has 0 spiro atoms. The lowest BCUT2D eigenvalue weighted by atomic mass is 9.27. The minimum absolute atomic E-state index is 0.195. The van der Waals surface area contributed by atoms with Gasteiger partial charge in [0, 0.05) is 112 Å². The maximum Gasteiger partial charge on any atom is 0.248 e. The Balaban J connectivity index is 0.971. The number of anilines is 10. The molecule has 8 heteroatoms. The van der Waals surface area contributed by atoms with Crippen LogP contribution in [0.1, 0.15) is 49.9 Å². The Bertz CT molecular complexity index is 5550. The summed E-state index contributed by atoms with van der Waals surface area (Å²) in [6.07, 6.45) is 0. The molecule has 0 amide bonds. The van der Waals surface area contributed by atoms with Crippen molar-refractivity contribution < 1.29 is 0 Å². The van der Waals surface area contributed by atoms with E-state index < -0.39 is 10.8 Å². The fourth-order valence-electron chi connectivity index (χ4n) is 18.7. The minimum atomic E-state index is -0.409. The van der Waals surface area contributed by atoms with Crippen LogP contribution in [0.15, 0.2) is 314 Å². The summed E-state index contributed by atoms with van der Waals surface area (Å²) in [5, 5.41) is 4.93. The first kappa shape index (κ1) is 53.7. The van der Waals surface area contributed by atoms with Crippen LogP contribution in [0.4, 0.5) is 56.9 Å². The van der Waals surface area contributed by atoms with E-state index >= 15 is 0 Å². The number of nitrogens with zero attached hydrogens (tertiary/aromatic N) is 6. The van der Waals surface area contributed by atoms with Gasteiger partial charge in [-0.05, 0) is 136 Å². The predicted molar refractivity (Wildman–Crippen MR) is 404 cm³/mol. The van der Waals surface area contributed by atoms with E-state index in [1.165, 1.54) is 133 Å². The van der Waals surface area contributed by atoms with Crippen LogP contribution in [0.3, 0.4) is 0 Å². The zero-order valence-corrected chi connectivity index (χ0v) is 53.7. The van der Waals surface area contributed by atoms with Crippen molar-refractivity contribution in [2.75, 3.05) is 19.6 Å². The van der Waals surface area contributed by atoms with Gasteiger partial charge in [0.05, 0.1) is 33.4 Å². The summed E-state index contributed by atoms with van der Waals surface area (Å²) in [4.78, 5) is 10.7. The summed E-state index contributed by atoms with van der Waals surface area (Å²) in [6.45, 7) is 9.65. The van der Waals surface area contributed by atoms with Gasteiger partial charge in [-0.2, -0.15) is 0 Å². The molecule has 0 fully saturated rings. The lowest BCUT2D eigenvalue weighted by Gasteiger charge is -2.49. The van der Waals surface area contributed by atoms with Crippen LogP contribution >= 0.6 is 0 Å². The lowest BCUT2D eigenvalue weighted by molar-refractivity contribution is 0.666. The van der Waals surface area contributed by atoms with Crippen LogP contribution in [0, 0.1) is 0 Å². The molecule has 6 aliphatic rings. The summed E-state index contributed by atoms with van der Waals surface area (Å²) >= 11 is 0. The van der Waals surface area contributed by atoms with E-state index in [4.69, 9.17) is 0 Å². The van der Waals surface area contributed by atoms with E-state index in [1.54, 1.807) is 0 Å². The van der Waals surface area contributed by atoms with Crippen molar-refractivity contribution >= 4 is 147 Å². The van der Waals surface area contributed by atoms with Crippen LogP contribution in [-0.4, -0.2) is 22.6 Å². The van der Waals surface area contributed by atoms with E-state index in [9.17, 15) is 0 Å². The third-order valence-electron chi connectivity index (χ3n) is 22.4. The Morgan fingerprint density at radius 1 is 0.271 bits per heavy atom. The predicted octanol–water partition coefficient (Wildman–Crippen LogP) is 19.5. The Labute approximate surface area is 558 Å². The standard InChI is InChI=1S/C88H62B2N6/c1-87(2)65-47-27-23-43-61(65)81-85(87)89-67-51-68-72(52-71(67)93(57-35-15-7-16-36-57)75-53-73-77(83(79(75)89)95(81)59-39-19-9-20-40-59)63-45-25-29-49-69(63)91(73)55-31-11-5-12-32-55)94(58-37-17-8-18-38-58)76-54-74-78(64-46-26-30-50-70(64)92(74)56-33-13-6-14-34-56)84-80(76)90(68)86-82(96(84)60-41-21-10-22-42-60)62-44-24-28-48-66(62)88(86,3)4/h5-54H,1-4H3. The van der Waals surface area contributed by atoms with Gasteiger partial charge < -0.3 is 28.7 Å². The first-order valence-electron chi connectivity index (χ1n) is 33.8. The molecule has 0 radical (unpaired) electrons. The highest BCUT2D eigenvalue weighted by molar-refractivity contribution is 7.00. The molecule has 0 saturated carbocycles. The van der Waals surface area contributed by atoms with E-state index in [1.807, 2.05) is 0 Å². The minimum Gasteiger partial charge on any atom is -0.311 e. The molecule has 15 aromatic rings. The third kappa shape index (κ3) is 6.92. The van der Waals surface area contributed by atoms with Crippen molar-refractivity contribution in [3.05, 3.63) is 337 Å². The monoisotopic (exact) mass is 1220 g/mol. The van der Waals surface area contributed by atoms with E-state index in [0.717, 1.165) is 45.2 Å². The molecule has 0 unspecified atom stereocenters. The molecule has 0 N–H and O–H groups in total. The van der Waals surface area contributed by atoms with Crippen molar-refractivity contribution in [2.45, 2.75) is 38.5 Å². The SMILES string of the molecule is CC1(C)C2=C(c3ccccc31)N(c1ccccc1)c1c3c(cc4c1c1ccccc1n4-c1ccccc1)N(c1ccccc1)c1cc4c(cc1B23)B1C2=C(c3ccccc3C2(C)C)N(c2ccccc2)c2c1c(cc1c2c2ccccc2n1-c1ccccc1)N4c1ccccc1. The molecular weight excluding hydrogens is 1160 g/mol. The molecule has 0 atom stereocenters. The summed E-state index contributed by atoms with van der Waals surface area (Å²) in [5.41, 5.74) is 33.6. The zero-order chi connectivity index (χ0) is 63.4. The first-order valence-corrected chi connectivity index (χ1v) is 33.8. The van der Waals surface area contributed by atoms with Gasteiger partial charge in [-0.3, -0.25) is 0 Å². The van der Waals surface area contributed by atoms with Gasteiger partial charge in [0.2, 0.25) is 13.4 Å². The van der Waals surface area contributed by atoms with Crippen molar-refractivity contribution in [2.24, 2.45) is 0 Å². The largest absolute Gasteiger partial charge is 0.311 e. The highest BCUT2D eigenvalue weighted by atomic mass is 15.2. The maximum atomic E-state index is 2.75. The van der Waals surface area contributed by atoms with Crippen LogP contribution < -0.4 is 41.5 Å². The molecule has 450 valence electrons. The first-order chi connectivity index (χ1) is 47.3. The number of hydrogen-bond acceptors (Lipinski definition) is 4. The number of hydrogen-bond donors (Lipinski definition) is 0. The second kappa shape index (κ2) is 19.4. The molecule has 2 aromatic heterocycles. The summed E-state index contributed by atoms with van der Waals surface area (Å²) in [5.74, 6) is 0. The van der Waals surface area contributed by atoms with Crippen molar-refractivity contribution in [3.63, 3.8) is 0 Å². The third-order valence-corrected chi connectivity index (χ3v) is 22.4. The maximum absolute atomic E-state index is 2.75. The number of allylic oxidation sites excluding steroid dienone is 2. The molecule has 4 aliphatic heterocycles. The van der Waals surface area contributed by atoms with Crippen LogP contribution in [0.25, 0.3) is 66.4 Å². The zero-order valence-electron chi connectivity index (χ0n) is 53.7. The highest BCUT2D eigenvalue weighted by Gasteiger charge is 2.58. The second-order valence-corrected chi connectivity index (χ2v) is 27.9. The number of aromatic nitrogens is 2. The van der Waals surface area contributed by atoms with Gasteiger partial charge >= 0.3 is 0 Å². The van der Waals surface area contributed by atoms with E-state index in [0.29, 0.717) is 0 Å².